The Kier molecular flexibility index (Phi) is 5.57. The molecule has 3 heteroatoms. The molecule has 2 N–H and O–H groups in total. The highest BCUT2D eigenvalue weighted by molar-refractivity contribution is 5.43. The molecule has 0 saturated heterocycles. The van der Waals surface area contributed by atoms with E-state index in [1.54, 1.807) is 0 Å². The molecule has 0 aliphatic rings. The molecular formula is C14H21NO2. The molecule has 0 aliphatic heterocycles. The van der Waals surface area contributed by atoms with Crippen molar-refractivity contribution in [3.8, 4) is 11.5 Å². The Balaban J connectivity index is 2.83. The summed E-state index contributed by atoms with van der Waals surface area (Å²) in [6, 6.07) is 5.94. The minimum absolute atomic E-state index is 0.510. The Morgan fingerprint density at radius 1 is 1.29 bits per heavy atom. The quantitative estimate of drug-likeness (QED) is 0.739. The van der Waals surface area contributed by atoms with Gasteiger partial charge >= 0.3 is 0 Å². The van der Waals surface area contributed by atoms with Crippen LogP contribution in [0.5, 0.6) is 11.5 Å². The first-order valence-corrected chi connectivity index (χ1v) is 5.90. The maximum absolute atomic E-state index is 5.63. The second-order valence-corrected chi connectivity index (χ2v) is 4.00. The predicted octanol–water partition coefficient (Wildman–Crippen LogP) is 2.54. The molecule has 0 amide bonds. The summed E-state index contributed by atoms with van der Waals surface area (Å²) in [5.41, 5.74) is 7.69. The molecule has 0 fully saturated rings. The third-order valence-corrected chi connectivity index (χ3v) is 2.22. The Morgan fingerprint density at radius 3 is 2.65 bits per heavy atom. The largest absolute Gasteiger partial charge is 0.490 e. The molecule has 0 unspecified atom stereocenters. The molecule has 0 radical (unpaired) electrons. The van der Waals surface area contributed by atoms with Gasteiger partial charge in [-0.3, -0.25) is 0 Å². The zero-order chi connectivity index (χ0) is 12.7. The normalized spacial score (nSPS) is 10.1. The monoisotopic (exact) mass is 235 g/mol. The maximum atomic E-state index is 5.63. The second-order valence-electron chi connectivity index (χ2n) is 4.00. The van der Waals surface area contributed by atoms with Crippen molar-refractivity contribution in [2.45, 2.75) is 20.3 Å². The summed E-state index contributed by atoms with van der Waals surface area (Å²) in [7, 11) is 0. The standard InChI is InChI=1S/C14H21NO2/c1-4-16-14-9-12(7-8-15)5-6-13(14)17-10-11(2)3/h5-6,9H,2,4,7-8,10,15H2,1,3H3. The summed E-state index contributed by atoms with van der Waals surface area (Å²) in [5, 5.41) is 0. The molecule has 0 saturated carbocycles. The van der Waals surface area contributed by atoms with Crippen LogP contribution < -0.4 is 15.2 Å². The van der Waals surface area contributed by atoms with Gasteiger partial charge in [0.2, 0.25) is 0 Å². The highest BCUT2D eigenvalue weighted by atomic mass is 16.5. The fraction of sp³-hybridized carbons (Fsp3) is 0.429. The summed E-state index contributed by atoms with van der Waals surface area (Å²) < 4.78 is 11.2. The fourth-order valence-corrected chi connectivity index (χ4v) is 1.46. The molecular weight excluding hydrogens is 214 g/mol. The van der Waals surface area contributed by atoms with Crippen LogP contribution in [0, 0.1) is 0 Å². The number of benzene rings is 1. The van der Waals surface area contributed by atoms with Gasteiger partial charge in [-0.05, 0) is 50.1 Å². The van der Waals surface area contributed by atoms with E-state index in [2.05, 4.69) is 6.58 Å². The Hall–Kier alpha value is -1.48. The lowest BCUT2D eigenvalue weighted by atomic mass is 10.1. The van der Waals surface area contributed by atoms with Crippen molar-refractivity contribution < 1.29 is 9.47 Å². The minimum atomic E-state index is 0.510. The van der Waals surface area contributed by atoms with E-state index in [1.165, 1.54) is 5.56 Å². The lowest BCUT2D eigenvalue weighted by Crippen LogP contribution is -2.05. The molecule has 0 heterocycles. The zero-order valence-corrected chi connectivity index (χ0v) is 10.7. The number of nitrogens with two attached hydrogens (primary N) is 1. The van der Waals surface area contributed by atoms with Crippen molar-refractivity contribution in [2.24, 2.45) is 5.73 Å². The predicted molar refractivity (Wildman–Crippen MR) is 70.7 cm³/mol. The van der Waals surface area contributed by atoms with Crippen LogP contribution in [-0.2, 0) is 6.42 Å². The van der Waals surface area contributed by atoms with Crippen LogP contribution in [0.15, 0.2) is 30.4 Å². The van der Waals surface area contributed by atoms with E-state index in [4.69, 9.17) is 15.2 Å². The van der Waals surface area contributed by atoms with E-state index in [0.717, 1.165) is 23.5 Å². The molecule has 3 nitrogen and oxygen atoms in total. The van der Waals surface area contributed by atoms with E-state index >= 15 is 0 Å². The first-order valence-electron chi connectivity index (χ1n) is 5.90. The summed E-state index contributed by atoms with van der Waals surface area (Å²) >= 11 is 0. The summed E-state index contributed by atoms with van der Waals surface area (Å²) in [4.78, 5) is 0. The van der Waals surface area contributed by atoms with Gasteiger partial charge in [-0.15, -0.1) is 0 Å². The van der Waals surface area contributed by atoms with Crippen molar-refractivity contribution in [3.63, 3.8) is 0 Å². The van der Waals surface area contributed by atoms with Crippen LogP contribution in [0.3, 0.4) is 0 Å². The van der Waals surface area contributed by atoms with E-state index in [9.17, 15) is 0 Å². The molecule has 0 aromatic heterocycles. The third-order valence-electron chi connectivity index (χ3n) is 2.22. The van der Waals surface area contributed by atoms with Gasteiger partial charge in [-0.1, -0.05) is 12.6 Å². The van der Waals surface area contributed by atoms with Crippen LogP contribution in [0.1, 0.15) is 19.4 Å². The van der Waals surface area contributed by atoms with E-state index in [-0.39, 0.29) is 0 Å². The van der Waals surface area contributed by atoms with Gasteiger partial charge in [-0.2, -0.15) is 0 Å². The van der Waals surface area contributed by atoms with Crippen molar-refractivity contribution in [1.29, 1.82) is 0 Å². The topological polar surface area (TPSA) is 44.5 Å². The average Bonchev–Trinajstić information content (AvgIpc) is 2.28. The van der Waals surface area contributed by atoms with Gasteiger partial charge in [0.15, 0.2) is 11.5 Å². The number of ether oxygens (including phenoxy) is 2. The molecule has 0 atom stereocenters. The highest BCUT2D eigenvalue weighted by Crippen LogP contribution is 2.28. The molecule has 1 rings (SSSR count). The Morgan fingerprint density at radius 2 is 2.06 bits per heavy atom. The smallest absolute Gasteiger partial charge is 0.161 e. The van der Waals surface area contributed by atoms with Crippen molar-refractivity contribution in [2.75, 3.05) is 19.8 Å². The van der Waals surface area contributed by atoms with Crippen molar-refractivity contribution in [1.82, 2.24) is 0 Å². The van der Waals surface area contributed by atoms with Crippen LogP contribution in [0.2, 0.25) is 0 Å². The molecule has 0 spiro atoms. The van der Waals surface area contributed by atoms with Crippen molar-refractivity contribution in [3.05, 3.63) is 35.9 Å². The van der Waals surface area contributed by atoms with Crippen molar-refractivity contribution >= 4 is 0 Å². The minimum Gasteiger partial charge on any atom is -0.490 e. The summed E-state index contributed by atoms with van der Waals surface area (Å²) in [6.45, 7) is 9.47. The van der Waals surface area contributed by atoms with Crippen LogP contribution in [0.4, 0.5) is 0 Å². The SMILES string of the molecule is C=C(C)COc1ccc(CCN)cc1OCC. The molecule has 1 aromatic carbocycles. The second kappa shape index (κ2) is 6.97. The van der Waals surface area contributed by atoms with E-state index in [1.807, 2.05) is 32.0 Å². The number of hydrogen-bond acceptors (Lipinski definition) is 3. The van der Waals surface area contributed by atoms with E-state index < -0.39 is 0 Å². The van der Waals surface area contributed by atoms with Gasteiger partial charge in [0.1, 0.15) is 6.61 Å². The fourth-order valence-electron chi connectivity index (χ4n) is 1.46. The van der Waals surface area contributed by atoms with Crippen LogP contribution in [0.25, 0.3) is 0 Å². The van der Waals surface area contributed by atoms with Gasteiger partial charge in [0.25, 0.3) is 0 Å². The molecule has 1 aromatic rings. The van der Waals surface area contributed by atoms with Gasteiger partial charge in [0, 0.05) is 0 Å². The first-order chi connectivity index (χ1) is 8.17. The first kappa shape index (κ1) is 13.6. The Labute approximate surface area is 103 Å². The number of hydrogen-bond donors (Lipinski definition) is 1. The lowest BCUT2D eigenvalue weighted by molar-refractivity contribution is 0.293. The zero-order valence-electron chi connectivity index (χ0n) is 10.7. The average molecular weight is 235 g/mol. The summed E-state index contributed by atoms with van der Waals surface area (Å²) in [6.07, 6.45) is 0.848. The molecule has 17 heavy (non-hydrogen) atoms. The maximum Gasteiger partial charge on any atom is 0.161 e. The molecule has 94 valence electrons. The van der Waals surface area contributed by atoms with Crippen LogP contribution >= 0.6 is 0 Å². The number of rotatable bonds is 7. The van der Waals surface area contributed by atoms with E-state index in [0.29, 0.717) is 19.8 Å². The molecule has 0 aliphatic carbocycles. The van der Waals surface area contributed by atoms with Crippen LogP contribution in [-0.4, -0.2) is 19.8 Å². The summed E-state index contributed by atoms with van der Waals surface area (Å²) in [5.74, 6) is 1.54. The Bertz CT molecular complexity index is 374. The van der Waals surface area contributed by atoms with Gasteiger partial charge in [-0.25, -0.2) is 0 Å². The molecule has 0 bridgehead atoms. The third kappa shape index (κ3) is 4.49. The van der Waals surface area contributed by atoms with Gasteiger partial charge in [0.05, 0.1) is 6.61 Å². The van der Waals surface area contributed by atoms with Gasteiger partial charge < -0.3 is 15.2 Å². The lowest BCUT2D eigenvalue weighted by Gasteiger charge is -2.13. The highest BCUT2D eigenvalue weighted by Gasteiger charge is 2.06.